The summed E-state index contributed by atoms with van der Waals surface area (Å²) in [5, 5.41) is 2.42. The molecule has 0 bridgehead atoms. The fraction of sp³-hybridized carbons (Fsp3) is 0.438. The predicted octanol–water partition coefficient (Wildman–Crippen LogP) is 5.52. The maximum Gasteiger partial charge on any atom is 0.410 e. The smallest absolute Gasteiger partial charge is 0.410 e. The van der Waals surface area contributed by atoms with E-state index in [9.17, 15) is 18.0 Å². The fourth-order valence-corrected chi connectivity index (χ4v) is 5.69. The Hall–Kier alpha value is -3.67. The van der Waals surface area contributed by atoms with Crippen molar-refractivity contribution in [3.05, 3.63) is 77.9 Å². The van der Waals surface area contributed by atoms with Crippen molar-refractivity contribution in [2.24, 2.45) is 0 Å². The Balaban J connectivity index is 0.000000197. The molecule has 2 aliphatic heterocycles. The predicted molar refractivity (Wildman–Crippen MR) is 162 cm³/mol. The molecule has 0 N–H and O–H groups in total. The summed E-state index contributed by atoms with van der Waals surface area (Å²) in [5.41, 5.74) is 2.12. The van der Waals surface area contributed by atoms with Crippen molar-refractivity contribution in [2.45, 2.75) is 70.4 Å². The minimum absolute atomic E-state index is 0.0104. The minimum Gasteiger partial charge on any atom is -0.442 e. The van der Waals surface area contributed by atoms with Crippen LogP contribution in [0.2, 0.25) is 0 Å². The molecule has 2 amide bonds. The van der Waals surface area contributed by atoms with Gasteiger partial charge in [-0.3, -0.25) is 4.18 Å². The molecule has 5 rings (SSSR count). The van der Waals surface area contributed by atoms with E-state index in [2.05, 4.69) is 24.3 Å². The largest absolute Gasteiger partial charge is 0.442 e. The molecule has 2 aliphatic rings. The van der Waals surface area contributed by atoms with Gasteiger partial charge in [-0.25, -0.2) is 9.59 Å². The first-order valence-electron chi connectivity index (χ1n) is 14.4. The molecule has 43 heavy (non-hydrogen) atoms. The van der Waals surface area contributed by atoms with Crippen LogP contribution in [0.15, 0.2) is 71.6 Å². The molecule has 2 atom stereocenters. The highest BCUT2D eigenvalue weighted by atomic mass is 32.2. The summed E-state index contributed by atoms with van der Waals surface area (Å²) in [5.74, 6) is 0. The molecule has 0 radical (unpaired) electrons. The standard InChI is InChI=1S/C18H21NO3.C14H19NO5S/c1-13(2)19-10-16(22-18(19)20)12-21-11-15-8-5-7-14-6-3-4-9-17(14)15;1-10(2)15-8-12(20-14(15)16)9-19-21(17,18)13-6-4-11(3)5-7-13/h3-9,13,16H,10-12H2,1-2H3;4-7,10,12H,8-9H2,1-3H3/t16-;12-/m00/s1. The van der Waals surface area contributed by atoms with Crippen LogP contribution >= 0.6 is 0 Å². The van der Waals surface area contributed by atoms with Crippen LogP contribution in [0.4, 0.5) is 9.59 Å². The lowest BCUT2D eigenvalue weighted by molar-refractivity contribution is 0.0385. The van der Waals surface area contributed by atoms with Gasteiger partial charge in [-0.2, -0.15) is 8.42 Å². The van der Waals surface area contributed by atoms with Crippen molar-refractivity contribution < 1.29 is 36.4 Å². The third-order valence-electron chi connectivity index (χ3n) is 7.21. The second-order valence-corrected chi connectivity index (χ2v) is 12.8. The Bertz CT molecular complexity index is 1500. The molecule has 0 spiro atoms. The van der Waals surface area contributed by atoms with Crippen molar-refractivity contribution in [3.8, 4) is 0 Å². The average Bonchev–Trinajstić information content (AvgIpc) is 3.54. The first-order valence-corrected chi connectivity index (χ1v) is 15.8. The number of aryl methyl sites for hydroxylation is 1. The van der Waals surface area contributed by atoms with Crippen molar-refractivity contribution >= 4 is 33.1 Å². The van der Waals surface area contributed by atoms with Gasteiger partial charge in [0.2, 0.25) is 0 Å². The Morgan fingerprint density at radius 1 is 0.791 bits per heavy atom. The number of hydrogen-bond acceptors (Lipinski definition) is 8. The normalized spacial score (nSPS) is 18.7. The number of rotatable bonds is 10. The summed E-state index contributed by atoms with van der Waals surface area (Å²) < 4.78 is 45.2. The zero-order valence-corrected chi connectivity index (χ0v) is 26.1. The highest BCUT2D eigenvalue weighted by Crippen LogP contribution is 2.21. The van der Waals surface area contributed by atoms with Crippen LogP contribution in [0, 0.1) is 6.92 Å². The van der Waals surface area contributed by atoms with E-state index in [1.54, 1.807) is 17.0 Å². The molecule has 2 fully saturated rings. The third kappa shape index (κ3) is 8.46. The van der Waals surface area contributed by atoms with Gasteiger partial charge in [0.25, 0.3) is 10.1 Å². The molecular weight excluding hydrogens is 572 g/mol. The molecule has 232 valence electrons. The molecule has 3 aromatic carbocycles. The van der Waals surface area contributed by atoms with Gasteiger partial charge >= 0.3 is 12.2 Å². The number of carbonyl (C=O) groups excluding carboxylic acids is 2. The lowest BCUT2D eigenvalue weighted by atomic mass is 10.1. The van der Waals surface area contributed by atoms with E-state index in [1.807, 2.05) is 52.8 Å². The number of amides is 2. The number of hydrogen-bond donors (Lipinski definition) is 0. The van der Waals surface area contributed by atoms with Crippen LogP contribution in [0.1, 0.15) is 38.8 Å². The zero-order chi connectivity index (χ0) is 31.1. The second-order valence-electron chi connectivity index (χ2n) is 11.2. The van der Waals surface area contributed by atoms with E-state index < -0.39 is 22.3 Å². The van der Waals surface area contributed by atoms with Gasteiger partial charge in [0.05, 0.1) is 31.2 Å². The molecule has 2 heterocycles. The van der Waals surface area contributed by atoms with Crippen LogP contribution < -0.4 is 0 Å². The van der Waals surface area contributed by atoms with Crippen molar-refractivity contribution in [3.63, 3.8) is 0 Å². The minimum atomic E-state index is -3.83. The maximum absolute atomic E-state index is 12.0. The lowest BCUT2D eigenvalue weighted by Gasteiger charge is -2.16. The number of benzene rings is 3. The molecule has 11 heteroatoms. The topological polar surface area (TPSA) is 112 Å². The molecule has 2 saturated heterocycles. The molecule has 10 nitrogen and oxygen atoms in total. The van der Waals surface area contributed by atoms with Crippen LogP contribution in [0.3, 0.4) is 0 Å². The van der Waals surface area contributed by atoms with Gasteiger partial charge in [-0.1, -0.05) is 60.2 Å². The quantitative estimate of drug-likeness (QED) is 0.276. The Kier molecular flexibility index (Phi) is 10.6. The van der Waals surface area contributed by atoms with Crippen molar-refractivity contribution in [1.29, 1.82) is 0 Å². The SMILES string of the molecule is CC(C)N1C[C@@H](COCc2cccc3ccccc23)OC1=O.Cc1ccc(S(=O)(=O)OC[C@@H]2CN(C(C)C)C(=O)O2)cc1. The average molecular weight is 613 g/mol. The summed E-state index contributed by atoms with van der Waals surface area (Å²) in [6.07, 6.45) is -1.43. The number of carbonyl (C=O) groups is 2. The lowest BCUT2D eigenvalue weighted by Crippen LogP contribution is -2.32. The van der Waals surface area contributed by atoms with E-state index in [1.165, 1.54) is 27.8 Å². The van der Waals surface area contributed by atoms with Gasteiger partial charge in [-0.15, -0.1) is 0 Å². The summed E-state index contributed by atoms with van der Waals surface area (Å²) in [7, 11) is -3.83. The second kappa shape index (κ2) is 14.2. The van der Waals surface area contributed by atoms with E-state index in [4.69, 9.17) is 18.4 Å². The molecule has 0 aromatic heterocycles. The Morgan fingerprint density at radius 3 is 1.93 bits per heavy atom. The van der Waals surface area contributed by atoms with Crippen LogP contribution in [0.5, 0.6) is 0 Å². The summed E-state index contributed by atoms with van der Waals surface area (Å²) in [6, 6.07) is 21.0. The van der Waals surface area contributed by atoms with Gasteiger partial charge in [0.1, 0.15) is 18.8 Å². The van der Waals surface area contributed by atoms with E-state index >= 15 is 0 Å². The van der Waals surface area contributed by atoms with Crippen molar-refractivity contribution in [2.75, 3.05) is 26.3 Å². The zero-order valence-electron chi connectivity index (χ0n) is 25.3. The Labute approximate surface area is 253 Å². The van der Waals surface area contributed by atoms with Crippen LogP contribution in [-0.2, 0) is 35.1 Å². The summed E-state index contributed by atoms with van der Waals surface area (Å²) in [6.45, 7) is 11.3. The highest BCUT2D eigenvalue weighted by molar-refractivity contribution is 7.86. The first kappa shape index (κ1) is 32.2. The molecule has 0 saturated carbocycles. The number of ether oxygens (including phenoxy) is 3. The first-order chi connectivity index (χ1) is 20.4. The van der Waals surface area contributed by atoms with Gasteiger partial charge in [0.15, 0.2) is 0 Å². The molecular formula is C32H40N2O8S. The van der Waals surface area contributed by atoms with Gasteiger partial charge < -0.3 is 24.0 Å². The van der Waals surface area contributed by atoms with Crippen molar-refractivity contribution in [1.82, 2.24) is 9.80 Å². The van der Waals surface area contributed by atoms with E-state index in [0.717, 1.165) is 11.1 Å². The van der Waals surface area contributed by atoms with E-state index in [0.29, 0.717) is 26.3 Å². The summed E-state index contributed by atoms with van der Waals surface area (Å²) in [4.78, 5) is 26.6. The maximum atomic E-state index is 12.0. The highest BCUT2D eigenvalue weighted by Gasteiger charge is 2.34. The van der Waals surface area contributed by atoms with Gasteiger partial charge in [-0.05, 0) is 63.1 Å². The van der Waals surface area contributed by atoms with E-state index in [-0.39, 0.29) is 35.8 Å². The van der Waals surface area contributed by atoms with Crippen LogP contribution in [0.25, 0.3) is 10.8 Å². The van der Waals surface area contributed by atoms with Gasteiger partial charge in [0, 0.05) is 12.1 Å². The summed E-state index contributed by atoms with van der Waals surface area (Å²) >= 11 is 0. The molecule has 0 aliphatic carbocycles. The molecule has 0 unspecified atom stereocenters. The monoisotopic (exact) mass is 612 g/mol. The fourth-order valence-electron chi connectivity index (χ4n) is 4.76. The Morgan fingerprint density at radius 2 is 1.35 bits per heavy atom. The molecule has 3 aromatic rings. The number of cyclic esters (lactones) is 2. The number of fused-ring (bicyclic) bond motifs is 1. The third-order valence-corrected chi connectivity index (χ3v) is 8.51. The number of nitrogens with zero attached hydrogens (tertiary/aromatic N) is 2. The van der Waals surface area contributed by atoms with Crippen LogP contribution in [-0.4, -0.2) is 81.0 Å².